The Morgan fingerprint density at radius 1 is 0.618 bits per heavy atom. The molecule has 0 amide bonds. The van der Waals surface area contributed by atoms with Gasteiger partial charge in [0.05, 0.1) is 16.9 Å². The number of hydrogen-bond acceptors (Lipinski definition) is 2. The van der Waals surface area contributed by atoms with Gasteiger partial charge in [-0.25, -0.2) is 0 Å². The molecule has 0 aliphatic rings. The van der Waals surface area contributed by atoms with E-state index in [9.17, 15) is 0 Å². The number of aryl methyl sites for hydroxylation is 1. The Hall–Kier alpha value is -5.67. The van der Waals surface area contributed by atoms with Crippen molar-refractivity contribution in [3.05, 3.63) is 187 Å². The van der Waals surface area contributed by atoms with Crippen LogP contribution in [0.1, 0.15) is 60.3 Å². The summed E-state index contributed by atoms with van der Waals surface area (Å²) in [7, 11) is 0. The van der Waals surface area contributed by atoms with Gasteiger partial charge in [-0.1, -0.05) is 129 Å². The van der Waals surface area contributed by atoms with Crippen molar-refractivity contribution >= 4 is 32.6 Å². The molecule has 0 saturated heterocycles. The van der Waals surface area contributed by atoms with Crippen LogP contribution in [0, 0.1) is 19.0 Å². The fourth-order valence-electron chi connectivity index (χ4n) is 7.23. The first kappa shape index (κ1) is 33.9. The molecule has 0 atom stereocenters. The number of fused-ring (bicyclic) bond motifs is 4. The third-order valence-corrected chi connectivity index (χ3v) is 9.97. The van der Waals surface area contributed by atoms with Crippen molar-refractivity contribution in [3.63, 3.8) is 0 Å². The fourth-order valence-corrected chi connectivity index (χ4v) is 7.23. The summed E-state index contributed by atoms with van der Waals surface area (Å²) in [5, 5.41) is 4.91. The zero-order chi connectivity index (χ0) is 39.7. The monoisotopic (exact) mass is 893 g/mol. The van der Waals surface area contributed by atoms with Crippen LogP contribution in [0.3, 0.4) is 0 Å². The van der Waals surface area contributed by atoms with Crippen molar-refractivity contribution in [3.8, 4) is 39.5 Å². The molecule has 0 aliphatic heterocycles. The minimum atomic E-state index is -2.09. The van der Waals surface area contributed by atoms with E-state index in [0.717, 1.165) is 33.7 Å². The van der Waals surface area contributed by atoms with Crippen LogP contribution in [0.5, 0.6) is 0 Å². The largest absolute Gasteiger partial charge is 0.333 e. The number of pyridine rings is 1. The predicted molar refractivity (Wildman–Crippen MR) is 227 cm³/mol. The number of hydrogen-bond donors (Lipinski definition) is 0. The van der Waals surface area contributed by atoms with Crippen molar-refractivity contribution in [2.75, 3.05) is 0 Å². The smallest absolute Gasteiger partial charge is 0.0774 e. The third kappa shape index (κ3) is 7.67. The van der Waals surface area contributed by atoms with Gasteiger partial charge in [0.25, 0.3) is 0 Å². The van der Waals surface area contributed by atoms with Crippen LogP contribution < -0.4 is 0 Å². The Morgan fingerprint density at radius 2 is 1.33 bits per heavy atom. The van der Waals surface area contributed by atoms with Crippen molar-refractivity contribution in [2.24, 2.45) is 0 Å². The average Bonchev–Trinajstić information content (AvgIpc) is 3.63. The molecule has 2 heterocycles. The van der Waals surface area contributed by atoms with Crippen LogP contribution in [0.2, 0.25) is 0 Å². The normalized spacial score (nSPS) is 12.2. The first-order chi connectivity index (χ1) is 27.6. The number of nitrogens with zero attached hydrogens (tertiary/aromatic N) is 3. The topological polar surface area (TPSA) is 30.7 Å². The van der Waals surface area contributed by atoms with Gasteiger partial charge in [0.1, 0.15) is 0 Å². The summed E-state index contributed by atoms with van der Waals surface area (Å²) < 4.78 is 24.1. The quantitative estimate of drug-likeness (QED) is 0.123. The molecule has 0 saturated carbocycles. The Kier molecular flexibility index (Phi) is 10.1. The Bertz CT molecular complexity index is 2800. The summed E-state index contributed by atoms with van der Waals surface area (Å²) >= 11 is 0. The molecule has 9 aromatic rings. The van der Waals surface area contributed by atoms with Crippen molar-refractivity contribution in [1.29, 1.82) is 0 Å². The van der Waals surface area contributed by atoms with E-state index in [0.29, 0.717) is 11.8 Å². The Morgan fingerprint density at radius 3 is 2.04 bits per heavy atom. The number of benzene rings is 7. The van der Waals surface area contributed by atoms with Gasteiger partial charge in [0, 0.05) is 36.1 Å². The molecule has 0 unspecified atom stereocenters. The van der Waals surface area contributed by atoms with E-state index >= 15 is 0 Å². The average molecular weight is 893 g/mol. The molecule has 4 heteroatoms. The molecule has 0 aliphatic carbocycles. The second-order valence-electron chi connectivity index (χ2n) is 14.3. The summed E-state index contributed by atoms with van der Waals surface area (Å²) in [5.74, 6) is 1.58. The molecule has 2 aromatic heterocycles. The van der Waals surface area contributed by atoms with Gasteiger partial charge in [0.2, 0.25) is 0 Å². The SMILES string of the molecule is CC(C)c1cc(-c2ccccc2)cc(C(C)C)c1-n1c(-c2[c-]cc3c(ccc4ccccc43)c2)nc2ccccc21.[2H]C([2H])([2H])c1ccc(-c2[c-]cccc2)nc1.[Ir]. The first-order valence-electron chi connectivity index (χ1n) is 20.0. The maximum atomic E-state index is 7.23. The van der Waals surface area contributed by atoms with Gasteiger partial charge in [-0.2, -0.15) is 0 Å². The fraction of sp³-hybridized carbons (Fsp3) is 0.137. The van der Waals surface area contributed by atoms with E-state index in [-0.39, 0.29) is 25.7 Å². The third-order valence-electron chi connectivity index (χ3n) is 9.97. The van der Waals surface area contributed by atoms with Gasteiger partial charge >= 0.3 is 0 Å². The molecule has 55 heavy (non-hydrogen) atoms. The van der Waals surface area contributed by atoms with Crippen molar-refractivity contribution in [1.82, 2.24) is 14.5 Å². The summed E-state index contributed by atoms with van der Waals surface area (Å²) in [6.07, 6.45) is 1.39. The summed E-state index contributed by atoms with van der Waals surface area (Å²) in [6.45, 7) is 7.09. The minimum absolute atomic E-state index is 0. The summed E-state index contributed by atoms with van der Waals surface area (Å²) in [6, 6.07) is 58.8. The number of rotatable bonds is 6. The molecule has 0 bridgehead atoms. The van der Waals surface area contributed by atoms with Crippen LogP contribution in [0.15, 0.2) is 158 Å². The molecule has 0 N–H and O–H groups in total. The van der Waals surface area contributed by atoms with Crippen LogP contribution in [0.25, 0.3) is 72.0 Å². The predicted octanol–water partition coefficient (Wildman–Crippen LogP) is 13.6. The van der Waals surface area contributed by atoms with Gasteiger partial charge < -0.3 is 9.55 Å². The molecule has 0 spiro atoms. The number of imidazole rings is 1. The molecule has 1 radical (unpaired) electrons. The number of aromatic nitrogens is 3. The van der Waals surface area contributed by atoms with Crippen molar-refractivity contribution in [2.45, 2.75) is 46.4 Å². The van der Waals surface area contributed by atoms with Gasteiger partial charge in [-0.05, 0) is 81.9 Å². The summed E-state index contributed by atoms with van der Waals surface area (Å²) in [5.41, 5.74) is 11.4. The molecule has 0 fully saturated rings. The van der Waals surface area contributed by atoms with Crippen LogP contribution in [-0.4, -0.2) is 14.5 Å². The molecular formula is C51H43IrN3-2. The summed E-state index contributed by atoms with van der Waals surface area (Å²) in [4.78, 5) is 9.37. The molecule has 7 aromatic carbocycles. The second kappa shape index (κ2) is 16.4. The van der Waals surface area contributed by atoms with E-state index in [1.54, 1.807) is 18.2 Å². The van der Waals surface area contributed by atoms with E-state index in [4.69, 9.17) is 9.10 Å². The van der Waals surface area contributed by atoms with Crippen molar-refractivity contribution < 1.29 is 24.2 Å². The van der Waals surface area contributed by atoms with E-state index in [1.165, 1.54) is 55.7 Å². The Balaban J connectivity index is 0.000000254. The van der Waals surface area contributed by atoms with E-state index in [2.05, 4.69) is 165 Å². The van der Waals surface area contributed by atoms with E-state index in [1.807, 2.05) is 18.2 Å². The zero-order valence-electron chi connectivity index (χ0n) is 34.3. The maximum absolute atomic E-state index is 7.23. The molecular weight excluding hydrogens is 847 g/mol. The maximum Gasteiger partial charge on any atom is 0.0774 e. The second-order valence-corrected chi connectivity index (χ2v) is 14.3. The minimum Gasteiger partial charge on any atom is -0.333 e. The number of para-hydroxylation sites is 2. The standard InChI is InChI=1S/C39H33N2.C12H10N.Ir/c1-25(2)34-23-31(27-12-6-5-7-13-27)24-35(26(3)4)38(34)41-37-17-11-10-16-36(37)40-39(41)30-20-21-33-29(22-30)19-18-28-14-8-9-15-32(28)33;1-10-7-8-12(13-9-10)11-5-3-2-4-6-11;/h5-19,21-26H,1-4H3;2-5,7-9H,1H3;/q2*-1;/i;1D3;. The molecule has 273 valence electrons. The van der Waals surface area contributed by atoms with Gasteiger partial charge in [0.15, 0.2) is 0 Å². The molecule has 3 nitrogen and oxygen atoms in total. The van der Waals surface area contributed by atoms with Crippen LogP contribution >= 0.6 is 0 Å². The molecule has 9 rings (SSSR count). The van der Waals surface area contributed by atoms with Gasteiger partial charge in [-0.3, -0.25) is 4.98 Å². The zero-order valence-corrected chi connectivity index (χ0v) is 33.7. The van der Waals surface area contributed by atoms with Crippen LogP contribution in [0.4, 0.5) is 0 Å². The van der Waals surface area contributed by atoms with E-state index < -0.39 is 6.85 Å². The van der Waals surface area contributed by atoms with Crippen LogP contribution in [-0.2, 0) is 20.1 Å². The first-order valence-corrected chi connectivity index (χ1v) is 18.5. The van der Waals surface area contributed by atoms with Gasteiger partial charge in [-0.15, -0.1) is 65.0 Å². The Labute approximate surface area is 342 Å².